The predicted molar refractivity (Wildman–Crippen MR) is 86.9 cm³/mol. The first-order valence-electron chi connectivity index (χ1n) is 8.18. The third-order valence-corrected chi connectivity index (χ3v) is 6.61. The van der Waals surface area contributed by atoms with Crippen molar-refractivity contribution < 1.29 is 4.79 Å². The molecule has 4 heteroatoms. The average Bonchev–Trinajstić information content (AvgIpc) is 2.76. The highest BCUT2D eigenvalue weighted by molar-refractivity contribution is 8.01. The van der Waals surface area contributed by atoms with Gasteiger partial charge in [0.05, 0.1) is 5.37 Å². The molecule has 2 rings (SSSR count). The molecule has 1 spiro atoms. The lowest BCUT2D eigenvalue weighted by Gasteiger charge is -2.36. The van der Waals surface area contributed by atoms with Gasteiger partial charge in [-0.3, -0.25) is 4.79 Å². The van der Waals surface area contributed by atoms with Crippen molar-refractivity contribution in [2.24, 2.45) is 5.92 Å². The number of amides is 1. The Morgan fingerprint density at radius 2 is 2.00 bits per heavy atom. The highest BCUT2D eigenvalue weighted by atomic mass is 32.2. The maximum absolute atomic E-state index is 12.8. The quantitative estimate of drug-likeness (QED) is 0.796. The van der Waals surface area contributed by atoms with Crippen LogP contribution in [0.25, 0.3) is 0 Å². The van der Waals surface area contributed by atoms with Gasteiger partial charge in [-0.2, -0.15) is 0 Å². The first-order valence-corrected chi connectivity index (χ1v) is 9.06. The molecule has 0 bridgehead atoms. The Morgan fingerprint density at radius 3 is 2.55 bits per heavy atom. The van der Waals surface area contributed by atoms with Gasteiger partial charge in [0.2, 0.25) is 5.91 Å². The molecule has 0 aromatic rings. The second-order valence-electron chi connectivity index (χ2n) is 6.56. The molecule has 2 fully saturated rings. The van der Waals surface area contributed by atoms with Crippen LogP contribution in [0.1, 0.15) is 52.9 Å². The van der Waals surface area contributed by atoms with Crippen LogP contribution in [0.15, 0.2) is 0 Å². The predicted octanol–water partition coefficient (Wildman–Crippen LogP) is 3.20. The van der Waals surface area contributed by atoms with E-state index in [1.165, 1.54) is 25.9 Å². The summed E-state index contributed by atoms with van der Waals surface area (Å²) in [4.78, 5) is 17.4. The van der Waals surface area contributed by atoms with E-state index in [1.54, 1.807) is 0 Å². The van der Waals surface area contributed by atoms with Gasteiger partial charge in [-0.15, -0.1) is 11.8 Å². The van der Waals surface area contributed by atoms with Gasteiger partial charge in [-0.05, 0) is 52.7 Å². The summed E-state index contributed by atoms with van der Waals surface area (Å²) in [6, 6.07) is 0. The minimum absolute atomic E-state index is 0.240. The van der Waals surface area contributed by atoms with E-state index in [0.717, 1.165) is 25.8 Å². The van der Waals surface area contributed by atoms with Crippen molar-refractivity contribution in [1.29, 1.82) is 0 Å². The molecule has 0 aromatic carbocycles. The Kier molecular flexibility index (Phi) is 5.41. The summed E-state index contributed by atoms with van der Waals surface area (Å²) in [6.45, 7) is 9.87. The lowest BCUT2D eigenvalue weighted by molar-refractivity contribution is -0.136. The molecule has 2 aliphatic heterocycles. The zero-order valence-electron chi connectivity index (χ0n) is 13.5. The van der Waals surface area contributed by atoms with E-state index in [2.05, 4.69) is 49.4 Å². The van der Waals surface area contributed by atoms with Gasteiger partial charge in [0.1, 0.15) is 0 Å². The first-order chi connectivity index (χ1) is 9.51. The van der Waals surface area contributed by atoms with Crippen molar-refractivity contribution in [1.82, 2.24) is 9.80 Å². The fourth-order valence-electron chi connectivity index (χ4n) is 3.55. The minimum atomic E-state index is 0.240. The summed E-state index contributed by atoms with van der Waals surface area (Å²) in [5, 5.41) is 0.358. The molecule has 0 aliphatic carbocycles. The lowest BCUT2D eigenvalue weighted by Crippen LogP contribution is -2.45. The second-order valence-corrected chi connectivity index (χ2v) is 8.35. The fourth-order valence-corrected chi connectivity index (χ4v) is 5.21. The van der Waals surface area contributed by atoms with Gasteiger partial charge in [0.25, 0.3) is 0 Å². The van der Waals surface area contributed by atoms with Gasteiger partial charge >= 0.3 is 0 Å². The van der Waals surface area contributed by atoms with E-state index < -0.39 is 0 Å². The molecule has 0 aromatic heterocycles. The van der Waals surface area contributed by atoms with Crippen molar-refractivity contribution in [2.45, 2.75) is 63.0 Å². The summed E-state index contributed by atoms with van der Waals surface area (Å²) in [5.74, 6) is 0.648. The Bertz CT molecular complexity index is 339. The topological polar surface area (TPSA) is 23.6 Å². The van der Waals surface area contributed by atoms with Crippen LogP contribution in [0.3, 0.4) is 0 Å². The van der Waals surface area contributed by atoms with E-state index in [0.29, 0.717) is 16.0 Å². The van der Waals surface area contributed by atoms with E-state index in [9.17, 15) is 4.79 Å². The van der Waals surface area contributed by atoms with Crippen molar-refractivity contribution in [3.8, 4) is 0 Å². The third-order valence-electron chi connectivity index (χ3n) is 4.98. The van der Waals surface area contributed by atoms with Crippen molar-refractivity contribution >= 4 is 17.7 Å². The standard InChI is InChI=1S/C16H30N2OS/c1-5-7-14(6-2)15(19)18-12-16(20-13(18)3)8-10-17(4)11-9-16/h13-14H,5-12H2,1-4H3. The average molecular weight is 298 g/mol. The summed E-state index contributed by atoms with van der Waals surface area (Å²) in [6.07, 6.45) is 5.59. The monoisotopic (exact) mass is 298 g/mol. The molecule has 20 heavy (non-hydrogen) atoms. The number of nitrogens with zero attached hydrogens (tertiary/aromatic N) is 2. The number of piperidine rings is 1. The second kappa shape index (κ2) is 6.69. The van der Waals surface area contributed by atoms with Crippen molar-refractivity contribution in [3.63, 3.8) is 0 Å². The van der Waals surface area contributed by atoms with Crippen LogP contribution in [0.2, 0.25) is 0 Å². The Hall–Kier alpha value is -0.220. The van der Waals surface area contributed by atoms with Crippen LogP contribution < -0.4 is 0 Å². The Balaban J connectivity index is 2.01. The fraction of sp³-hybridized carbons (Fsp3) is 0.938. The number of rotatable bonds is 4. The van der Waals surface area contributed by atoms with E-state index in [4.69, 9.17) is 0 Å². The van der Waals surface area contributed by atoms with Crippen LogP contribution >= 0.6 is 11.8 Å². The van der Waals surface area contributed by atoms with Gasteiger partial charge in [-0.1, -0.05) is 20.3 Å². The molecule has 0 saturated carbocycles. The summed E-state index contributed by atoms with van der Waals surface area (Å²) in [5.41, 5.74) is 0. The molecule has 0 radical (unpaired) electrons. The molecule has 3 nitrogen and oxygen atoms in total. The van der Waals surface area contributed by atoms with Crippen molar-refractivity contribution in [2.75, 3.05) is 26.7 Å². The molecule has 2 saturated heterocycles. The van der Waals surface area contributed by atoms with E-state index in [1.807, 2.05) is 0 Å². The Labute approximate surface area is 128 Å². The van der Waals surface area contributed by atoms with E-state index in [-0.39, 0.29) is 5.92 Å². The highest BCUT2D eigenvalue weighted by Gasteiger charge is 2.46. The van der Waals surface area contributed by atoms with Gasteiger partial charge in [0.15, 0.2) is 0 Å². The molecular formula is C16H30N2OS. The third kappa shape index (κ3) is 3.33. The number of carbonyl (C=O) groups excluding carboxylic acids is 1. The number of hydrogen-bond donors (Lipinski definition) is 0. The van der Waals surface area contributed by atoms with Crippen LogP contribution in [-0.2, 0) is 4.79 Å². The van der Waals surface area contributed by atoms with Crippen LogP contribution in [0.4, 0.5) is 0 Å². The number of carbonyl (C=O) groups is 1. The Morgan fingerprint density at radius 1 is 1.35 bits per heavy atom. The molecule has 2 aliphatic rings. The zero-order chi connectivity index (χ0) is 14.8. The molecule has 1 amide bonds. The molecule has 2 heterocycles. The number of thioether (sulfide) groups is 1. The maximum Gasteiger partial charge on any atom is 0.226 e. The van der Waals surface area contributed by atoms with Crippen LogP contribution in [0, 0.1) is 5.92 Å². The van der Waals surface area contributed by atoms with Gasteiger partial charge < -0.3 is 9.80 Å². The maximum atomic E-state index is 12.8. The van der Waals surface area contributed by atoms with E-state index >= 15 is 0 Å². The SMILES string of the molecule is CCCC(CC)C(=O)N1CC2(CCN(C)CC2)SC1C. The van der Waals surface area contributed by atoms with Crippen molar-refractivity contribution in [3.05, 3.63) is 0 Å². The van der Waals surface area contributed by atoms with Gasteiger partial charge in [0, 0.05) is 17.2 Å². The molecule has 2 atom stereocenters. The largest absolute Gasteiger partial charge is 0.329 e. The zero-order valence-corrected chi connectivity index (χ0v) is 14.3. The molecular weight excluding hydrogens is 268 g/mol. The molecule has 2 unspecified atom stereocenters. The molecule has 0 N–H and O–H groups in total. The smallest absolute Gasteiger partial charge is 0.226 e. The summed E-state index contributed by atoms with van der Waals surface area (Å²) in [7, 11) is 2.20. The minimum Gasteiger partial charge on any atom is -0.329 e. The highest BCUT2D eigenvalue weighted by Crippen LogP contribution is 2.46. The summed E-state index contributed by atoms with van der Waals surface area (Å²) < 4.78 is 0.339. The number of likely N-dealkylation sites (tertiary alicyclic amines) is 1. The summed E-state index contributed by atoms with van der Waals surface area (Å²) >= 11 is 2.05. The van der Waals surface area contributed by atoms with Gasteiger partial charge in [-0.25, -0.2) is 0 Å². The van der Waals surface area contributed by atoms with Crippen LogP contribution in [-0.4, -0.2) is 52.5 Å². The molecule has 116 valence electrons. The lowest BCUT2D eigenvalue weighted by atomic mass is 9.94. The first kappa shape index (κ1) is 16.2. The van der Waals surface area contributed by atoms with Crippen LogP contribution in [0.5, 0.6) is 0 Å². The number of hydrogen-bond acceptors (Lipinski definition) is 3. The normalized spacial score (nSPS) is 28.0.